The summed E-state index contributed by atoms with van der Waals surface area (Å²) in [7, 11) is 0. The monoisotopic (exact) mass is 363 g/mol. The molecule has 1 aliphatic rings. The molecule has 1 aromatic carbocycles. The predicted molar refractivity (Wildman–Crippen MR) is 106 cm³/mol. The molecule has 2 heterocycles. The molecule has 1 N–H and O–H groups in total. The van der Waals surface area contributed by atoms with E-state index in [1.807, 2.05) is 38.1 Å². The van der Waals surface area contributed by atoms with Crippen molar-refractivity contribution in [3.05, 3.63) is 59.5 Å². The molecule has 4 rings (SSSR count). The van der Waals surface area contributed by atoms with E-state index in [1.54, 1.807) is 0 Å². The Balaban J connectivity index is 1.54. The van der Waals surface area contributed by atoms with Gasteiger partial charge in [0.2, 0.25) is 5.91 Å². The number of ether oxygens (including phenoxy) is 1. The standard InChI is InChI=1S/C22H25N3O2/c1-14(2)27-20-7-5-4-6-18(20)24-22(26)16-8-9-17-19(13-16)25-11-10-15(3)12-21(25)23-17/h4-7,10-12,14,16H,8-9,13H2,1-3H3,(H,24,26). The summed E-state index contributed by atoms with van der Waals surface area (Å²) < 4.78 is 7.94. The smallest absolute Gasteiger partial charge is 0.227 e. The number of para-hydroxylation sites is 2. The van der Waals surface area contributed by atoms with Crippen LogP contribution >= 0.6 is 0 Å². The van der Waals surface area contributed by atoms with Gasteiger partial charge >= 0.3 is 0 Å². The second-order valence-corrected chi connectivity index (χ2v) is 7.53. The lowest BCUT2D eigenvalue weighted by Crippen LogP contribution is -2.29. The van der Waals surface area contributed by atoms with Gasteiger partial charge in [0.05, 0.1) is 17.5 Å². The van der Waals surface area contributed by atoms with Gasteiger partial charge in [0.1, 0.15) is 11.4 Å². The Labute approximate surface area is 159 Å². The molecular weight excluding hydrogens is 338 g/mol. The summed E-state index contributed by atoms with van der Waals surface area (Å²) in [6, 6.07) is 11.8. The molecule has 5 nitrogen and oxygen atoms in total. The number of amides is 1. The first-order valence-electron chi connectivity index (χ1n) is 9.54. The van der Waals surface area contributed by atoms with Gasteiger partial charge in [-0.25, -0.2) is 4.98 Å². The van der Waals surface area contributed by atoms with Crippen LogP contribution in [0.15, 0.2) is 42.6 Å². The Bertz CT molecular complexity index is 990. The molecule has 1 unspecified atom stereocenters. The van der Waals surface area contributed by atoms with Crippen LogP contribution in [0.4, 0.5) is 5.69 Å². The molecule has 0 fully saturated rings. The number of pyridine rings is 1. The van der Waals surface area contributed by atoms with Crippen molar-refractivity contribution in [1.82, 2.24) is 9.38 Å². The van der Waals surface area contributed by atoms with Gasteiger partial charge in [0.15, 0.2) is 0 Å². The fourth-order valence-electron chi connectivity index (χ4n) is 3.69. The van der Waals surface area contributed by atoms with E-state index in [1.165, 1.54) is 5.56 Å². The van der Waals surface area contributed by atoms with E-state index in [9.17, 15) is 4.79 Å². The third-order valence-corrected chi connectivity index (χ3v) is 5.01. The molecular formula is C22H25N3O2. The Morgan fingerprint density at radius 2 is 2.11 bits per heavy atom. The van der Waals surface area contributed by atoms with Gasteiger partial charge in [-0.1, -0.05) is 12.1 Å². The molecule has 0 saturated heterocycles. The van der Waals surface area contributed by atoms with Crippen LogP contribution in [-0.2, 0) is 17.6 Å². The highest BCUT2D eigenvalue weighted by atomic mass is 16.5. The molecule has 3 aromatic rings. The predicted octanol–water partition coefficient (Wildman–Crippen LogP) is 4.17. The highest BCUT2D eigenvalue weighted by Gasteiger charge is 2.28. The first kappa shape index (κ1) is 17.6. The summed E-state index contributed by atoms with van der Waals surface area (Å²) in [5.41, 5.74) is 5.17. The van der Waals surface area contributed by atoms with Gasteiger partial charge < -0.3 is 14.5 Å². The normalized spacial score (nSPS) is 16.4. The van der Waals surface area contributed by atoms with Gasteiger partial charge in [-0.05, 0) is 63.4 Å². The average Bonchev–Trinajstić information content (AvgIpc) is 2.99. The summed E-state index contributed by atoms with van der Waals surface area (Å²) in [6.45, 7) is 6.03. The number of hydrogen-bond donors (Lipinski definition) is 1. The minimum Gasteiger partial charge on any atom is -0.489 e. The highest BCUT2D eigenvalue weighted by molar-refractivity contribution is 5.94. The van der Waals surface area contributed by atoms with Crippen LogP contribution in [0.25, 0.3) is 5.65 Å². The lowest BCUT2D eigenvalue weighted by molar-refractivity contribution is -0.120. The molecule has 1 atom stereocenters. The lowest BCUT2D eigenvalue weighted by Gasteiger charge is -2.22. The third-order valence-electron chi connectivity index (χ3n) is 5.01. The molecule has 27 heavy (non-hydrogen) atoms. The molecule has 0 bridgehead atoms. The topological polar surface area (TPSA) is 55.6 Å². The zero-order valence-corrected chi connectivity index (χ0v) is 16.0. The second-order valence-electron chi connectivity index (χ2n) is 7.53. The van der Waals surface area contributed by atoms with Crippen LogP contribution in [0, 0.1) is 12.8 Å². The van der Waals surface area contributed by atoms with E-state index < -0.39 is 0 Å². The molecule has 0 radical (unpaired) electrons. The zero-order valence-electron chi connectivity index (χ0n) is 16.0. The number of anilines is 1. The van der Waals surface area contributed by atoms with Crippen molar-refractivity contribution in [2.75, 3.05) is 5.32 Å². The minimum atomic E-state index is -0.0641. The van der Waals surface area contributed by atoms with E-state index in [0.29, 0.717) is 12.2 Å². The number of carbonyl (C=O) groups excluding carboxylic acids is 1. The van der Waals surface area contributed by atoms with E-state index in [-0.39, 0.29) is 17.9 Å². The van der Waals surface area contributed by atoms with Crippen LogP contribution in [0.3, 0.4) is 0 Å². The summed E-state index contributed by atoms with van der Waals surface area (Å²) in [6.07, 6.45) is 4.47. The number of aromatic nitrogens is 2. The van der Waals surface area contributed by atoms with Crippen LogP contribution in [0.5, 0.6) is 5.75 Å². The molecule has 0 spiro atoms. The average molecular weight is 363 g/mol. The summed E-state index contributed by atoms with van der Waals surface area (Å²) >= 11 is 0. The Hall–Kier alpha value is -2.82. The number of imidazole rings is 1. The largest absolute Gasteiger partial charge is 0.489 e. The van der Waals surface area contributed by atoms with E-state index in [0.717, 1.165) is 35.6 Å². The van der Waals surface area contributed by atoms with Crippen LogP contribution in [0.1, 0.15) is 37.2 Å². The number of fused-ring (bicyclic) bond motifs is 3. The van der Waals surface area contributed by atoms with Crippen molar-refractivity contribution in [3.63, 3.8) is 0 Å². The molecule has 0 saturated carbocycles. The fraction of sp³-hybridized carbons (Fsp3) is 0.364. The first-order chi connectivity index (χ1) is 13.0. The maximum absolute atomic E-state index is 12.9. The number of benzene rings is 1. The molecule has 1 amide bonds. The van der Waals surface area contributed by atoms with Gasteiger partial charge in [-0.2, -0.15) is 0 Å². The molecule has 5 heteroatoms. The quantitative estimate of drug-likeness (QED) is 0.757. The van der Waals surface area contributed by atoms with Gasteiger partial charge in [-0.15, -0.1) is 0 Å². The van der Waals surface area contributed by atoms with Gasteiger partial charge in [-0.3, -0.25) is 4.79 Å². The molecule has 0 aliphatic heterocycles. The number of hydrogen-bond acceptors (Lipinski definition) is 3. The fourth-order valence-corrected chi connectivity index (χ4v) is 3.69. The summed E-state index contributed by atoms with van der Waals surface area (Å²) in [5, 5.41) is 3.07. The number of aryl methyl sites for hydroxylation is 2. The Morgan fingerprint density at radius 3 is 2.93 bits per heavy atom. The number of carbonyl (C=O) groups is 1. The van der Waals surface area contributed by atoms with Crippen molar-refractivity contribution in [3.8, 4) is 5.75 Å². The molecule has 140 valence electrons. The Morgan fingerprint density at radius 1 is 1.30 bits per heavy atom. The van der Waals surface area contributed by atoms with Crippen molar-refractivity contribution in [2.45, 2.75) is 46.1 Å². The SMILES string of the molecule is Cc1ccn2c3c(nc2c1)CCC(C(=O)Nc1ccccc1OC(C)C)C3. The van der Waals surface area contributed by atoms with E-state index >= 15 is 0 Å². The van der Waals surface area contributed by atoms with Crippen molar-refractivity contribution < 1.29 is 9.53 Å². The summed E-state index contributed by atoms with van der Waals surface area (Å²) in [4.78, 5) is 17.7. The van der Waals surface area contributed by atoms with Crippen LogP contribution in [0.2, 0.25) is 0 Å². The van der Waals surface area contributed by atoms with Crippen LogP contribution < -0.4 is 10.1 Å². The zero-order chi connectivity index (χ0) is 19.0. The minimum absolute atomic E-state index is 0.0440. The maximum atomic E-state index is 12.9. The third kappa shape index (κ3) is 3.54. The number of nitrogens with one attached hydrogen (secondary N) is 1. The van der Waals surface area contributed by atoms with E-state index in [2.05, 4.69) is 35.0 Å². The van der Waals surface area contributed by atoms with Gasteiger partial charge in [0.25, 0.3) is 0 Å². The second kappa shape index (κ2) is 7.06. The highest BCUT2D eigenvalue weighted by Crippen LogP contribution is 2.30. The van der Waals surface area contributed by atoms with Crippen molar-refractivity contribution in [2.24, 2.45) is 5.92 Å². The van der Waals surface area contributed by atoms with Gasteiger partial charge in [0, 0.05) is 24.2 Å². The Kier molecular flexibility index (Phi) is 4.60. The first-order valence-corrected chi connectivity index (χ1v) is 9.54. The number of nitrogens with zero attached hydrogens (tertiary/aromatic N) is 2. The van der Waals surface area contributed by atoms with Crippen molar-refractivity contribution >= 4 is 17.2 Å². The van der Waals surface area contributed by atoms with E-state index in [4.69, 9.17) is 9.72 Å². The lowest BCUT2D eigenvalue weighted by atomic mass is 9.89. The van der Waals surface area contributed by atoms with Crippen LogP contribution in [-0.4, -0.2) is 21.4 Å². The molecule has 2 aromatic heterocycles. The molecule has 1 aliphatic carbocycles. The summed E-state index contributed by atoms with van der Waals surface area (Å²) in [5.74, 6) is 0.691. The number of rotatable bonds is 4. The maximum Gasteiger partial charge on any atom is 0.227 e. The van der Waals surface area contributed by atoms with Crippen molar-refractivity contribution in [1.29, 1.82) is 0 Å².